The molecule has 0 spiro atoms. The predicted molar refractivity (Wildman–Crippen MR) is 142 cm³/mol. The van der Waals surface area contributed by atoms with Crippen molar-refractivity contribution in [3.8, 4) is 5.75 Å². The molecule has 0 bridgehead atoms. The monoisotopic (exact) mass is 519 g/mol. The SMILES string of the molecule is Cn1c(Nc2cc(C3CC3)cn(C3CCC3O)c2=O)nc2ncc(O/C(C=N)=C3\C=CC=CN3)c(Cl)c21. The van der Waals surface area contributed by atoms with Crippen molar-refractivity contribution in [2.75, 3.05) is 5.32 Å². The highest BCUT2D eigenvalue weighted by Crippen LogP contribution is 2.42. The Balaban J connectivity index is 1.36. The number of hydrogen-bond acceptors (Lipinski definition) is 8. The molecule has 2 saturated carbocycles. The predicted octanol–water partition coefficient (Wildman–Crippen LogP) is 4.01. The number of hydrogen-bond donors (Lipinski definition) is 4. The Morgan fingerprint density at radius 3 is 2.81 bits per heavy atom. The number of aryl methyl sites for hydroxylation is 1. The van der Waals surface area contributed by atoms with Gasteiger partial charge in [-0.15, -0.1) is 0 Å². The van der Waals surface area contributed by atoms with Gasteiger partial charge in [0, 0.05) is 19.4 Å². The summed E-state index contributed by atoms with van der Waals surface area (Å²) >= 11 is 6.72. The van der Waals surface area contributed by atoms with Crippen LogP contribution in [0.4, 0.5) is 11.6 Å². The number of aliphatic hydroxyl groups excluding tert-OH is 1. The van der Waals surface area contributed by atoms with Crippen molar-refractivity contribution in [1.29, 1.82) is 5.41 Å². The maximum absolute atomic E-state index is 13.3. The zero-order chi connectivity index (χ0) is 25.7. The van der Waals surface area contributed by atoms with E-state index in [1.807, 2.05) is 24.4 Å². The smallest absolute Gasteiger partial charge is 0.274 e. The van der Waals surface area contributed by atoms with E-state index in [1.165, 1.54) is 6.20 Å². The van der Waals surface area contributed by atoms with Gasteiger partial charge in [0.2, 0.25) is 5.95 Å². The van der Waals surface area contributed by atoms with Crippen LogP contribution in [0.3, 0.4) is 0 Å². The molecular weight excluding hydrogens is 494 g/mol. The lowest BCUT2D eigenvalue weighted by Gasteiger charge is -2.34. The molecule has 3 aliphatic rings. The normalized spacial score (nSPS) is 21.9. The van der Waals surface area contributed by atoms with Gasteiger partial charge in [-0.05, 0) is 55.4 Å². The molecule has 10 nitrogen and oxygen atoms in total. The summed E-state index contributed by atoms with van der Waals surface area (Å²) in [6.45, 7) is 0. The van der Waals surface area contributed by atoms with Crippen LogP contribution in [0.25, 0.3) is 11.2 Å². The number of dihydropyridines is 1. The molecule has 2 aliphatic carbocycles. The van der Waals surface area contributed by atoms with E-state index in [0.29, 0.717) is 40.8 Å². The molecule has 0 radical (unpaired) electrons. The number of aromatic nitrogens is 4. The summed E-state index contributed by atoms with van der Waals surface area (Å²) in [6, 6.07) is 1.68. The van der Waals surface area contributed by atoms with Crippen molar-refractivity contribution in [1.82, 2.24) is 24.4 Å². The van der Waals surface area contributed by atoms with E-state index in [1.54, 1.807) is 28.5 Å². The highest BCUT2D eigenvalue weighted by Gasteiger charge is 2.33. The number of anilines is 2. The Hall–Kier alpha value is -3.89. The number of rotatable bonds is 7. The van der Waals surface area contributed by atoms with Crippen molar-refractivity contribution in [3.63, 3.8) is 0 Å². The molecule has 4 heterocycles. The molecule has 0 saturated heterocycles. The van der Waals surface area contributed by atoms with Crippen LogP contribution in [0.15, 0.2) is 59.1 Å². The van der Waals surface area contributed by atoms with Gasteiger partial charge < -0.3 is 35.0 Å². The topological polar surface area (TPSA) is 130 Å². The number of pyridine rings is 2. The molecule has 0 amide bonds. The minimum atomic E-state index is -0.506. The molecule has 4 N–H and O–H groups in total. The van der Waals surface area contributed by atoms with E-state index in [2.05, 4.69) is 20.6 Å². The number of ether oxygens (including phenoxy) is 1. The second-order valence-electron chi connectivity index (χ2n) is 9.50. The number of aliphatic hydroxyl groups is 1. The third-order valence-electron chi connectivity index (χ3n) is 7.05. The highest BCUT2D eigenvalue weighted by molar-refractivity contribution is 6.36. The minimum absolute atomic E-state index is 0.201. The maximum atomic E-state index is 13.3. The Labute approximate surface area is 217 Å². The molecular formula is C26H26ClN7O3. The summed E-state index contributed by atoms with van der Waals surface area (Å²) in [5.41, 5.74) is 2.80. The number of imidazole rings is 1. The molecule has 2 fully saturated rings. The van der Waals surface area contributed by atoms with Crippen LogP contribution >= 0.6 is 11.6 Å². The lowest BCUT2D eigenvalue weighted by molar-refractivity contribution is 0.0299. The Morgan fingerprint density at radius 1 is 1.32 bits per heavy atom. The average Bonchev–Trinajstić information content (AvgIpc) is 3.70. The second-order valence-corrected chi connectivity index (χ2v) is 9.88. The van der Waals surface area contributed by atoms with Gasteiger partial charge in [0.05, 0.1) is 30.3 Å². The molecule has 190 valence electrons. The number of fused-ring (bicyclic) bond motifs is 1. The molecule has 1 aliphatic heterocycles. The molecule has 6 rings (SSSR count). The standard InChI is InChI=1S/C26H26ClN7O3/c1-33-23-22(27)21(37-20(11-28)16-4-2-3-9-29-16)12-30-24(23)32-26(33)31-17-10-15(14-5-6-14)13-34(25(17)36)18-7-8-19(18)35/h2-4,9-14,18-19,28-29,35H,5-8H2,1H3,(H,30,31,32)/b20-16+,28-11?. The van der Waals surface area contributed by atoms with Gasteiger partial charge in [0.1, 0.15) is 16.2 Å². The van der Waals surface area contributed by atoms with Crippen LogP contribution in [0, 0.1) is 5.41 Å². The van der Waals surface area contributed by atoms with Crippen molar-refractivity contribution in [3.05, 3.63) is 75.3 Å². The van der Waals surface area contributed by atoms with Crippen molar-refractivity contribution < 1.29 is 9.84 Å². The third kappa shape index (κ3) is 4.21. The van der Waals surface area contributed by atoms with Crippen LogP contribution < -0.4 is 20.9 Å². The van der Waals surface area contributed by atoms with Crippen LogP contribution in [0.5, 0.6) is 5.75 Å². The maximum Gasteiger partial charge on any atom is 0.274 e. The van der Waals surface area contributed by atoms with Crippen molar-refractivity contribution in [2.24, 2.45) is 7.05 Å². The number of nitrogens with zero attached hydrogens (tertiary/aromatic N) is 4. The van der Waals surface area contributed by atoms with E-state index in [0.717, 1.165) is 31.0 Å². The summed E-state index contributed by atoms with van der Waals surface area (Å²) in [7, 11) is 1.78. The number of halogens is 1. The molecule has 11 heteroatoms. The van der Waals surface area contributed by atoms with Crippen LogP contribution in [-0.4, -0.2) is 36.5 Å². The van der Waals surface area contributed by atoms with Gasteiger partial charge >= 0.3 is 0 Å². The van der Waals surface area contributed by atoms with E-state index in [4.69, 9.17) is 21.7 Å². The van der Waals surface area contributed by atoms with Crippen molar-refractivity contribution >= 4 is 40.6 Å². The first-order valence-electron chi connectivity index (χ1n) is 12.2. The summed E-state index contributed by atoms with van der Waals surface area (Å²) in [5, 5.41) is 24.5. The summed E-state index contributed by atoms with van der Waals surface area (Å²) < 4.78 is 9.31. The summed E-state index contributed by atoms with van der Waals surface area (Å²) in [5.74, 6) is 1.39. The largest absolute Gasteiger partial charge is 0.450 e. The molecule has 2 atom stereocenters. The highest BCUT2D eigenvalue weighted by atomic mass is 35.5. The van der Waals surface area contributed by atoms with Crippen LogP contribution in [-0.2, 0) is 7.05 Å². The van der Waals surface area contributed by atoms with E-state index in [9.17, 15) is 9.90 Å². The quantitative estimate of drug-likeness (QED) is 0.274. The number of allylic oxidation sites excluding steroid dienone is 4. The van der Waals surface area contributed by atoms with Crippen molar-refractivity contribution in [2.45, 2.75) is 43.7 Å². The van der Waals surface area contributed by atoms with Gasteiger partial charge in [0.15, 0.2) is 17.2 Å². The fraction of sp³-hybridized carbons (Fsp3) is 0.308. The first kappa shape index (κ1) is 23.5. The first-order chi connectivity index (χ1) is 17.9. The lowest BCUT2D eigenvalue weighted by atomic mass is 9.88. The molecule has 2 unspecified atom stereocenters. The summed E-state index contributed by atoms with van der Waals surface area (Å²) in [6.07, 6.45) is 14.8. The lowest BCUT2D eigenvalue weighted by Crippen LogP contribution is -2.39. The van der Waals surface area contributed by atoms with Gasteiger partial charge in [0.25, 0.3) is 5.56 Å². The fourth-order valence-electron chi connectivity index (χ4n) is 4.63. The van der Waals surface area contributed by atoms with E-state index < -0.39 is 6.10 Å². The second kappa shape index (κ2) is 9.20. The third-order valence-corrected chi connectivity index (χ3v) is 7.41. The molecule has 37 heavy (non-hydrogen) atoms. The van der Waals surface area contributed by atoms with Gasteiger partial charge in [-0.3, -0.25) is 4.79 Å². The minimum Gasteiger partial charge on any atom is -0.450 e. The zero-order valence-corrected chi connectivity index (χ0v) is 20.9. The fourth-order valence-corrected chi connectivity index (χ4v) is 4.93. The zero-order valence-electron chi connectivity index (χ0n) is 20.1. The Morgan fingerprint density at radius 2 is 2.16 bits per heavy atom. The van der Waals surface area contributed by atoms with Crippen LogP contribution in [0.2, 0.25) is 5.02 Å². The summed E-state index contributed by atoms with van der Waals surface area (Å²) in [4.78, 5) is 22.3. The molecule has 3 aromatic rings. The number of nitrogens with one attached hydrogen (secondary N) is 3. The van der Waals surface area contributed by atoms with Gasteiger partial charge in [-0.1, -0.05) is 17.7 Å². The first-order valence-corrected chi connectivity index (χ1v) is 12.6. The molecule has 3 aromatic heterocycles. The Kier molecular flexibility index (Phi) is 5.85. The van der Waals surface area contributed by atoms with E-state index >= 15 is 0 Å². The molecule has 0 aromatic carbocycles. The van der Waals surface area contributed by atoms with Gasteiger partial charge in [-0.25, -0.2) is 4.98 Å². The van der Waals surface area contributed by atoms with Crippen LogP contribution in [0.1, 0.15) is 43.2 Å². The average molecular weight is 520 g/mol. The Bertz CT molecular complexity index is 1560. The van der Waals surface area contributed by atoms with E-state index in [-0.39, 0.29) is 28.1 Å². The van der Waals surface area contributed by atoms with Gasteiger partial charge in [-0.2, -0.15) is 4.98 Å².